The number of ketones is 1. The minimum Gasteiger partial charge on any atom is -0.497 e. The number of Topliss-reactive ketones (excluding diaryl/α,β-unsaturated/α-hetero) is 1. The molecule has 0 fully saturated rings. The van der Waals surface area contributed by atoms with Crippen molar-refractivity contribution in [3.8, 4) is 5.75 Å². The van der Waals surface area contributed by atoms with Gasteiger partial charge in [-0.2, -0.15) is 0 Å². The molecule has 1 atom stereocenters. The number of methoxy groups -OCH3 is 2. The van der Waals surface area contributed by atoms with E-state index in [4.69, 9.17) is 4.74 Å². The van der Waals surface area contributed by atoms with Gasteiger partial charge < -0.3 is 9.47 Å². The smallest absolute Gasteiger partial charge is 0.308 e. The summed E-state index contributed by atoms with van der Waals surface area (Å²) in [5.41, 5.74) is 0.702. The molecule has 122 valence electrons. The molecule has 0 aliphatic carbocycles. The van der Waals surface area contributed by atoms with Gasteiger partial charge in [0.1, 0.15) is 5.75 Å². The van der Waals surface area contributed by atoms with Crippen molar-refractivity contribution >= 4 is 22.5 Å². The van der Waals surface area contributed by atoms with E-state index in [0.717, 1.165) is 16.5 Å². The average Bonchev–Trinajstić information content (AvgIpc) is 2.59. The minimum absolute atomic E-state index is 0.0970. The predicted molar refractivity (Wildman–Crippen MR) is 89.9 cm³/mol. The largest absolute Gasteiger partial charge is 0.497 e. The van der Waals surface area contributed by atoms with Crippen LogP contribution in [0.15, 0.2) is 36.4 Å². The first kappa shape index (κ1) is 17.0. The molecule has 2 rings (SSSR count). The lowest BCUT2D eigenvalue weighted by Gasteiger charge is -2.08. The molecule has 0 radical (unpaired) electrons. The second-order valence-corrected chi connectivity index (χ2v) is 5.67. The molecular formula is C19H22O4. The van der Waals surface area contributed by atoms with Crippen LogP contribution in [0.2, 0.25) is 0 Å². The highest BCUT2D eigenvalue weighted by molar-refractivity contribution is 6.00. The maximum Gasteiger partial charge on any atom is 0.308 e. The number of hydrogen-bond acceptors (Lipinski definition) is 4. The third-order valence-corrected chi connectivity index (χ3v) is 4.01. The monoisotopic (exact) mass is 314 g/mol. The fourth-order valence-electron chi connectivity index (χ4n) is 2.56. The van der Waals surface area contributed by atoms with E-state index in [9.17, 15) is 9.59 Å². The van der Waals surface area contributed by atoms with E-state index in [1.165, 1.54) is 7.11 Å². The number of rotatable bonds is 7. The lowest BCUT2D eigenvalue weighted by molar-refractivity contribution is -0.145. The normalized spacial score (nSPS) is 12.0. The molecule has 0 saturated heterocycles. The van der Waals surface area contributed by atoms with Crippen LogP contribution in [0.3, 0.4) is 0 Å². The molecule has 0 saturated carbocycles. The Morgan fingerprint density at radius 2 is 1.74 bits per heavy atom. The first-order chi connectivity index (χ1) is 11.0. The van der Waals surface area contributed by atoms with Crippen molar-refractivity contribution < 1.29 is 19.1 Å². The van der Waals surface area contributed by atoms with Gasteiger partial charge in [-0.3, -0.25) is 9.59 Å². The Kier molecular flexibility index (Phi) is 5.74. The SMILES string of the molecule is COC(=O)[C@H](C)CCCC(=O)c1ccc2cc(OC)ccc2c1. The fraction of sp³-hybridized carbons (Fsp3) is 0.368. The quantitative estimate of drug-likeness (QED) is 0.572. The highest BCUT2D eigenvalue weighted by Gasteiger charge is 2.14. The van der Waals surface area contributed by atoms with Crippen molar-refractivity contribution in [2.75, 3.05) is 14.2 Å². The van der Waals surface area contributed by atoms with Crippen LogP contribution in [0.25, 0.3) is 10.8 Å². The third-order valence-electron chi connectivity index (χ3n) is 4.01. The lowest BCUT2D eigenvalue weighted by Crippen LogP contribution is -2.13. The summed E-state index contributed by atoms with van der Waals surface area (Å²) in [5.74, 6) is 0.502. The van der Waals surface area contributed by atoms with Crippen LogP contribution in [-0.4, -0.2) is 26.0 Å². The fourth-order valence-corrected chi connectivity index (χ4v) is 2.56. The Morgan fingerprint density at radius 3 is 2.43 bits per heavy atom. The zero-order valence-corrected chi connectivity index (χ0v) is 13.8. The number of benzene rings is 2. The molecule has 23 heavy (non-hydrogen) atoms. The van der Waals surface area contributed by atoms with Gasteiger partial charge in [0, 0.05) is 12.0 Å². The van der Waals surface area contributed by atoms with E-state index in [1.807, 2.05) is 43.3 Å². The highest BCUT2D eigenvalue weighted by Crippen LogP contribution is 2.23. The standard InChI is InChI=1S/C19H22O4/c1-13(19(21)23-3)5-4-6-18(20)16-8-7-15-12-17(22-2)10-9-14(15)11-16/h7-13H,4-6H2,1-3H3/t13-/m1/s1. The molecule has 0 spiro atoms. The van der Waals surface area contributed by atoms with E-state index < -0.39 is 0 Å². The molecule has 0 aliphatic rings. The van der Waals surface area contributed by atoms with Crippen molar-refractivity contribution in [1.82, 2.24) is 0 Å². The number of fused-ring (bicyclic) bond motifs is 1. The van der Waals surface area contributed by atoms with Crippen LogP contribution in [0.4, 0.5) is 0 Å². The summed E-state index contributed by atoms with van der Waals surface area (Å²) in [6, 6.07) is 11.5. The number of hydrogen-bond donors (Lipinski definition) is 0. The number of carbonyl (C=O) groups excluding carboxylic acids is 2. The topological polar surface area (TPSA) is 52.6 Å². The molecule has 0 unspecified atom stereocenters. The molecular weight excluding hydrogens is 292 g/mol. The molecule has 0 N–H and O–H groups in total. The average molecular weight is 314 g/mol. The summed E-state index contributed by atoms with van der Waals surface area (Å²) in [7, 11) is 3.02. The summed E-state index contributed by atoms with van der Waals surface area (Å²) in [5, 5.41) is 2.06. The minimum atomic E-state index is -0.225. The summed E-state index contributed by atoms with van der Waals surface area (Å²) >= 11 is 0. The van der Waals surface area contributed by atoms with Crippen LogP contribution in [0, 0.1) is 5.92 Å². The van der Waals surface area contributed by atoms with Gasteiger partial charge in [-0.05, 0) is 41.8 Å². The van der Waals surface area contributed by atoms with Crippen molar-refractivity contribution in [3.63, 3.8) is 0 Å². The van der Waals surface area contributed by atoms with Gasteiger partial charge >= 0.3 is 5.97 Å². The molecule has 0 aromatic heterocycles. The van der Waals surface area contributed by atoms with Gasteiger partial charge in [-0.25, -0.2) is 0 Å². The molecule has 0 aliphatic heterocycles. The Hall–Kier alpha value is -2.36. The first-order valence-electron chi connectivity index (χ1n) is 7.74. The summed E-state index contributed by atoms with van der Waals surface area (Å²) in [6.07, 6.45) is 1.77. The zero-order valence-electron chi connectivity index (χ0n) is 13.8. The molecule has 4 nitrogen and oxygen atoms in total. The molecule has 0 amide bonds. The Bertz CT molecular complexity index is 706. The maximum absolute atomic E-state index is 12.3. The lowest BCUT2D eigenvalue weighted by atomic mass is 9.98. The van der Waals surface area contributed by atoms with Crippen LogP contribution in [0.1, 0.15) is 36.5 Å². The van der Waals surface area contributed by atoms with E-state index in [0.29, 0.717) is 24.8 Å². The van der Waals surface area contributed by atoms with E-state index >= 15 is 0 Å². The van der Waals surface area contributed by atoms with Crippen molar-refractivity contribution in [2.45, 2.75) is 26.2 Å². The molecule has 2 aromatic carbocycles. The number of ether oxygens (including phenoxy) is 2. The van der Waals surface area contributed by atoms with Gasteiger partial charge in [0.25, 0.3) is 0 Å². The van der Waals surface area contributed by atoms with Gasteiger partial charge in [-0.15, -0.1) is 0 Å². The van der Waals surface area contributed by atoms with E-state index in [2.05, 4.69) is 4.74 Å². The molecule has 2 aromatic rings. The van der Waals surface area contributed by atoms with Crippen molar-refractivity contribution in [1.29, 1.82) is 0 Å². The van der Waals surface area contributed by atoms with Crippen molar-refractivity contribution in [3.05, 3.63) is 42.0 Å². The Labute approximate surface area is 136 Å². The second kappa shape index (κ2) is 7.77. The van der Waals surface area contributed by atoms with Crippen LogP contribution >= 0.6 is 0 Å². The van der Waals surface area contributed by atoms with Crippen LogP contribution < -0.4 is 4.74 Å². The predicted octanol–water partition coefficient (Wildman–Crippen LogP) is 4.01. The van der Waals surface area contributed by atoms with Crippen LogP contribution in [-0.2, 0) is 9.53 Å². The number of esters is 1. The maximum atomic E-state index is 12.3. The van der Waals surface area contributed by atoms with E-state index in [-0.39, 0.29) is 17.7 Å². The first-order valence-corrected chi connectivity index (χ1v) is 7.74. The van der Waals surface area contributed by atoms with Gasteiger partial charge in [0.05, 0.1) is 20.1 Å². The van der Waals surface area contributed by atoms with E-state index in [1.54, 1.807) is 7.11 Å². The molecule has 4 heteroatoms. The molecule has 0 heterocycles. The van der Waals surface area contributed by atoms with Gasteiger partial charge in [0.15, 0.2) is 5.78 Å². The zero-order chi connectivity index (χ0) is 16.8. The molecule has 0 bridgehead atoms. The van der Waals surface area contributed by atoms with Crippen molar-refractivity contribution in [2.24, 2.45) is 5.92 Å². The van der Waals surface area contributed by atoms with Gasteiger partial charge in [0.2, 0.25) is 0 Å². The second-order valence-electron chi connectivity index (χ2n) is 5.67. The van der Waals surface area contributed by atoms with Crippen LogP contribution in [0.5, 0.6) is 5.75 Å². The Balaban J connectivity index is 1.99. The summed E-state index contributed by atoms with van der Waals surface area (Å²) in [4.78, 5) is 23.6. The Morgan fingerprint density at radius 1 is 1.04 bits per heavy atom. The highest BCUT2D eigenvalue weighted by atomic mass is 16.5. The third kappa shape index (κ3) is 4.31. The summed E-state index contributed by atoms with van der Waals surface area (Å²) < 4.78 is 9.89. The van der Waals surface area contributed by atoms with Gasteiger partial charge in [-0.1, -0.05) is 25.1 Å². The number of carbonyl (C=O) groups is 2. The summed E-state index contributed by atoms with van der Waals surface area (Å²) in [6.45, 7) is 1.82.